The lowest BCUT2D eigenvalue weighted by molar-refractivity contribution is -0.145. The van der Waals surface area contributed by atoms with Gasteiger partial charge in [-0.2, -0.15) is 4.31 Å². The second kappa shape index (κ2) is 9.49. The first kappa shape index (κ1) is 22.8. The van der Waals surface area contributed by atoms with Gasteiger partial charge in [-0.15, -0.1) is 0 Å². The molecule has 1 heterocycles. The number of anilines is 1. The molecular formula is C22H26N2O6S. The van der Waals surface area contributed by atoms with Gasteiger partial charge < -0.3 is 14.8 Å². The van der Waals surface area contributed by atoms with E-state index in [1.54, 1.807) is 36.4 Å². The van der Waals surface area contributed by atoms with E-state index in [1.807, 2.05) is 13.8 Å². The number of amides is 1. The SMILES string of the molecule is CCOc1ccc(NC(=O)[C@@H]2C[C@H](OC(C)=O)CN2S(=O)(=O)c2ccc(C)cc2)cc1. The predicted molar refractivity (Wildman–Crippen MR) is 115 cm³/mol. The van der Waals surface area contributed by atoms with Crippen molar-refractivity contribution in [2.45, 2.75) is 44.2 Å². The third-order valence-corrected chi connectivity index (χ3v) is 6.80. The molecule has 2 aromatic rings. The molecule has 8 nitrogen and oxygen atoms in total. The van der Waals surface area contributed by atoms with Crippen LogP contribution in [-0.2, 0) is 24.3 Å². The highest BCUT2D eigenvalue weighted by Crippen LogP contribution is 2.29. The van der Waals surface area contributed by atoms with E-state index in [1.165, 1.54) is 19.1 Å². The van der Waals surface area contributed by atoms with E-state index in [-0.39, 0.29) is 17.9 Å². The summed E-state index contributed by atoms with van der Waals surface area (Å²) in [5.74, 6) is -0.348. The van der Waals surface area contributed by atoms with Crippen LogP contribution in [0.1, 0.15) is 25.8 Å². The number of ether oxygens (including phenoxy) is 2. The van der Waals surface area contributed by atoms with Crippen molar-refractivity contribution in [2.24, 2.45) is 0 Å². The van der Waals surface area contributed by atoms with Crippen LogP contribution in [0.25, 0.3) is 0 Å². The Balaban J connectivity index is 1.84. The van der Waals surface area contributed by atoms with Gasteiger partial charge in [-0.25, -0.2) is 8.42 Å². The van der Waals surface area contributed by atoms with E-state index < -0.39 is 34.0 Å². The van der Waals surface area contributed by atoms with E-state index in [0.717, 1.165) is 9.87 Å². The minimum Gasteiger partial charge on any atom is -0.494 e. The number of nitrogens with one attached hydrogen (secondary N) is 1. The average Bonchev–Trinajstić information content (AvgIpc) is 3.14. The van der Waals surface area contributed by atoms with Crippen molar-refractivity contribution in [3.8, 4) is 5.75 Å². The van der Waals surface area contributed by atoms with Crippen LogP contribution in [0.4, 0.5) is 5.69 Å². The van der Waals surface area contributed by atoms with E-state index >= 15 is 0 Å². The van der Waals surface area contributed by atoms with Gasteiger partial charge in [-0.05, 0) is 50.2 Å². The smallest absolute Gasteiger partial charge is 0.302 e. The number of carbonyl (C=O) groups is 2. The van der Waals surface area contributed by atoms with E-state index in [4.69, 9.17) is 9.47 Å². The molecule has 1 aliphatic rings. The van der Waals surface area contributed by atoms with Crippen LogP contribution in [0.15, 0.2) is 53.4 Å². The average molecular weight is 447 g/mol. The first-order valence-electron chi connectivity index (χ1n) is 10.00. The lowest BCUT2D eigenvalue weighted by Gasteiger charge is -2.23. The Morgan fingerprint density at radius 2 is 1.74 bits per heavy atom. The number of hydrogen-bond acceptors (Lipinski definition) is 6. The summed E-state index contributed by atoms with van der Waals surface area (Å²) in [5, 5.41) is 2.75. The quantitative estimate of drug-likeness (QED) is 0.656. The third kappa shape index (κ3) is 5.42. The van der Waals surface area contributed by atoms with Crippen molar-refractivity contribution in [3.63, 3.8) is 0 Å². The van der Waals surface area contributed by atoms with Crippen molar-refractivity contribution < 1.29 is 27.5 Å². The Morgan fingerprint density at radius 3 is 2.32 bits per heavy atom. The number of aryl methyl sites for hydroxylation is 1. The van der Waals surface area contributed by atoms with Crippen molar-refractivity contribution in [2.75, 3.05) is 18.5 Å². The molecule has 9 heteroatoms. The number of carbonyl (C=O) groups excluding carboxylic acids is 2. The standard InChI is InChI=1S/C22H26N2O6S/c1-4-29-18-9-7-17(8-10-18)23-22(26)21-13-19(30-16(3)25)14-24(21)31(27,28)20-11-5-15(2)6-12-20/h5-12,19,21H,4,13-14H2,1-3H3,(H,23,26)/t19-,21-/m0/s1. The molecule has 0 saturated carbocycles. The fraction of sp³-hybridized carbons (Fsp3) is 0.364. The topological polar surface area (TPSA) is 102 Å². The summed E-state index contributed by atoms with van der Waals surface area (Å²) in [6.45, 7) is 5.43. The highest BCUT2D eigenvalue weighted by atomic mass is 32.2. The molecule has 3 rings (SSSR count). The zero-order chi connectivity index (χ0) is 22.6. The van der Waals surface area contributed by atoms with Gasteiger partial charge in [-0.3, -0.25) is 9.59 Å². The molecule has 1 amide bonds. The third-order valence-electron chi connectivity index (χ3n) is 4.91. The Hall–Kier alpha value is -2.91. The van der Waals surface area contributed by atoms with E-state index in [9.17, 15) is 18.0 Å². The lowest BCUT2D eigenvalue weighted by atomic mass is 10.2. The predicted octanol–water partition coefficient (Wildman–Crippen LogP) is 2.73. The van der Waals surface area contributed by atoms with Crippen LogP contribution in [0, 0.1) is 6.92 Å². The van der Waals surface area contributed by atoms with E-state index in [2.05, 4.69) is 5.32 Å². The van der Waals surface area contributed by atoms with E-state index in [0.29, 0.717) is 18.0 Å². The van der Waals surface area contributed by atoms with Gasteiger partial charge in [0.05, 0.1) is 18.0 Å². The first-order chi connectivity index (χ1) is 14.7. The number of rotatable bonds is 7. The number of sulfonamides is 1. The minimum absolute atomic E-state index is 0.0769. The molecule has 0 spiro atoms. The number of benzene rings is 2. The maximum absolute atomic E-state index is 13.2. The Morgan fingerprint density at radius 1 is 1.10 bits per heavy atom. The van der Waals surface area contributed by atoms with Crippen LogP contribution in [0.2, 0.25) is 0 Å². The normalized spacial score (nSPS) is 19.1. The van der Waals surface area contributed by atoms with Crippen LogP contribution >= 0.6 is 0 Å². The first-order valence-corrected chi connectivity index (χ1v) is 11.4. The van der Waals surface area contributed by atoms with Crippen LogP contribution in [-0.4, -0.2) is 49.9 Å². The molecule has 2 aromatic carbocycles. The monoisotopic (exact) mass is 446 g/mol. The van der Waals surface area contributed by atoms with Gasteiger partial charge in [0.15, 0.2) is 0 Å². The zero-order valence-electron chi connectivity index (χ0n) is 17.7. The van der Waals surface area contributed by atoms with Crippen molar-refractivity contribution >= 4 is 27.6 Å². The van der Waals surface area contributed by atoms with Crippen molar-refractivity contribution in [1.82, 2.24) is 4.31 Å². The number of nitrogens with zero attached hydrogens (tertiary/aromatic N) is 1. The fourth-order valence-electron chi connectivity index (χ4n) is 3.46. The molecule has 1 saturated heterocycles. The molecule has 0 aliphatic carbocycles. The number of hydrogen-bond donors (Lipinski definition) is 1. The fourth-order valence-corrected chi connectivity index (χ4v) is 5.10. The van der Waals surface area contributed by atoms with Crippen LogP contribution in [0.5, 0.6) is 5.75 Å². The molecular weight excluding hydrogens is 420 g/mol. The molecule has 31 heavy (non-hydrogen) atoms. The highest BCUT2D eigenvalue weighted by molar-refractivity contribution is 7.89. The molecule has 2 atom stereocenters. The minimum atomic E-state index is -3.96. The summed E-state index contributed by atoms with van der Waals surface area (Å²) in [6, 6.07) is 12.2. The van der Waals surface area contributed by atoms with Gasteiger partial charge in [0, 0.05) is 19.0 Å². The summed E-state index contributed by atoms with van der Waals surface area (Å²) >= 11 is 0. The second-order valence-corrected chi connectivity index (χ2v) is 9.21. The highest BCUT2D eigenvalue weighted by Gasteiger charge is 2.45. The summed E-state index contributed by atoms with van der Waals surface area (Å²) in [4.78, 5) is 24.5. The Labute approximate surface area is 182 Å². The summed E-state index contributed by atoms with van der Waals surface area (Å²) in [5.41, 5.74) is 1.43. The maximum atomic E-state index is 13.2. The molecule has 1 fully saturated rings. The molecule has 1 N–H and O–H groups in total. The molecule has 166 valence electrons. The molecule has 1 aliphatic heterocycles. The molecule has 0 aromatic heterocycles. The molecule has 0 radical (unpaired) electrons. The van der Waals surface area contributed by atoms with Gasteiger partial charge in [0.2, 0.25) is 15.9 Å². The molecule has 0 unspecified atom stereocenters. The van der Waals surface area contributed by atoms with Crippen molar-refractivity contribution in [3.05, 3.63) is 54.1 Å². The Bertz CT molecular complexity index is 1030. The van der Waals surface area contributed by atoms with Gasteiger partial charge >= 0.3 is 5.97 Å². The summed E-state index contributed by atoms with van der Waals surface area (Å²) < 4.78 is 38.2. The summed E-state index contributed by atoms with van der Waals surface area (Å²) in [7, 11) is -3.96. The van der Waals surface area contributed by atoms with Crippen LogP contribution < -0.4 is 10.1 Å². The number of esters is 1. The van der Waals surface area contributed by atoms with Crippen LogP contribution in [0.3, 0.4) is 0 Å². The zero-order valence-corrected chi connectivity index (χ0v) is 18.5. The summed E-state index contributed by atoms with van der Waals surface area (Å²) in [6.07, 6.45) is -0.623. The largest absolute Gasteiger partial charge is 0.494 e. The Kier molecular flexibility index (Phi) is 6.97. The second-order valence-electron chi connectivity index (χ2n) is 7.32. The molecule has 0 bridgehead atoms. The lowest BCUT2D eigenvalue weighted by Crippen LogP contribution is -2.43. The van der Waals surface area contributed by atoms with Crippen molar-refractivity contribution in [1.29, 1.82) is 0 Å². The maximum Gasteiger partial charge on any atom is 0.302 e. The van der Waals surface area contributed by atoms with Gasteiger partial charge in [0.25, 0.3) is 0 Å². The van der Waals surface area contributed by atoms with Gasteiger partial charge in [-0.1, -0.05) is 17.7 Å². The van der Waals surface area contributed by atoms with Gasteiger partial charge in [0.1, 0.15) is 17.9 Å².